The normalized spacial score (nSPS) is 15.9. The van der Waals surface area contributed by atoms with Crippen molar-refractivity contribution in [2.45, 2.75) is 77.6 Å². The molecule has 0 spiro atoms. The maximum absolute atomic E-state index is 14.6. The fourth-order valence-electron chi connectivity index (χ4n) is 5.29. The van der Waals surface area contributed by atoms with E-state index in [9.17, 15) is 19.2 Å². The van der Waals surface area contributed by atoms with E-state index in [1.165, 1.54) is 11.9 Å². The molecule has 0 saturated carbocycles. The third-order valence-corrected chi connectivity index (χ3v) is 7.33. The lowest BCUT2D eigenvalue weighted by Gasteiger charge is -2.40. The average molecular weight is 630 g/mol. The lowest BCUT2D eigenvalue weighted by atomic mass is 10.0. The van der Waals surface area contributed by atoms with E-state index in [4.69, 9.17) is 14.2 Å². The molecule has 1 heterocycles. The van der Waals surface area contributed by atoms with Crippen LogP contribution in [0, 0.1) is 0 Å². The lowest BCUT2D eigenvalue weighted by molar-refractivity contribution is -0.165. The van der Waals surface area contributed by atoms with Crippen molar-refractivity contribution in [1.29, 1.82) is 0 Å². The molecule has 4 rings (SSSR count). The van der Waals surface area contributed by atoms with E-state index in [-0.39, 0.29) is 25.3 Å². The topological polar surface area (TPSA) is 114 Å². The summed E-state index contributed by atoms with van der Waals surface area (Å²) in [6.45, 7) is 8.29. The number of esters is 2. The van der Waals surface area contributed by atoms with Gasteiger partial charge < -0.3 is 14.2 Å². The Bertz CT molecular complexity index is 1490. The Morgan fingerprint density at radius 1 is 0.935 bits per heavy atom. The summed E-state index contributed by atoms with van der Waals surface area (Å²) in [5.74, 6) is -1.96. The van der Waals surface area contributed by atoms with Gasteiger partial charge in [-0.15, -0.1) is 0 Å². The van der Waals surface area contributed by atoms with E-state index in [0.717, 1.165) is 16.1 Å². The summed E-state index contributed by atoms with van der Waals surface area (Å²) in [6, 6.07) is 22.6. The van der Waals surface area contributed by atoms with E-state index >= 15 is 0 Å². The Hall–Kier alpha value is -4.70. The predicted octanol–water partition coefficient (Wildman–Crippen LogP) is 4.65. The van der Waals surface area contributed by atoms with Gasteiger partial charge in [-0.05, 0) is 63.8 Å². The first-order valence-corrected chi connectivity index (χ1v) is 15.6. The molecular weight excluding hydrogens is 586 g/mol. The maximum Gasteiger partial charge on any atom is 0.331 e. The number of nitrogens with zero attached hydrogens (tertiary/aromatic N) is 2. The zero-order chi connectivity index (χ0) is 33.3. The molecule has 0 bridgehead atoms. The largest absolute Gasteiger partial charge is 0.489 e. The summed E-state index contributed by atoms with van der Waals surface area (Å²) < 4.78 is 17.3. The van der Waals surface area contributed by atoms with Crippen molar-refractivity contribution < 1.29 is 33.4 Å². The van der Waals surface area contributed by atoms with Gasteiger partial charge in [-0.3, -0.25) is 19.7 Å². The average Bonchev–Trinajstić information content (AvgIpc) is 3.15. The molecule has 0 radical (unpaired) electrons. The van der Waals surface area contributed by atoms with Gasteiger partial charge in [0.25, 0.3) is 5.91 Å². The molecule has 2 amide bonds. The molecule has 46 heavy (non-hydrogen) atoms. The first-order valence-electron chi connectivity index (χ1n) is 15.6. The summed E-state index contributed by atoms with van der Waals surface area (Å²) in [6.07, 6.45) is 0.994. The van der Waals surface area contributed by atoms with Crippen LogP contribution in [-0.2, 0) is 41.5 Å². The molecule has 10 heteroatoms. The van der Waals surface area contributed by atoms with Crippen LogP contribution in [0.15, 0.2) is 84.9 Å². The molecule has 3 aromatic carbocycles. The second kappa shape index (κ2) is 15.5. The molecule has 244 valence electrons. The Kier molecular flexibility index (Phi) is 11.5. The minimum Gasteiger partial charge on any atom is -0.489 e. The number of carbonyl (C=O) groups excluding carboxylic acids is 4. The molecule has 0 unspecified atom stereocenters. The number of nitrogens with one attached hydrogen (secondary N) is 1. The Morgan fingerprint density at radius 2 is 1.54 bits per heavy atom. The summed E-state index contributed by atoms with van der Waals surface area (Å²) in [5.41, 5.74) is 1.23. The fourth-order valence-corrected chi connectivity index (χ4v) is 5.29. The van der Waals surface area contributed by atoms with Crippen molar-refractivity contribution in [3.63, 3.8) is 0 Å². The number of fused-ring (bicyclic) bond motifs is 1. The van der Waals surface area contributed by atoms with Crippen molar-refractivity contribution in [1.82, 2.24) is 10.3 Å². The first kappa shape index (κ1) is 34.2. The zero-order valence-corrected chi connectivity index (χ0v) is 27.1. The highest BCUT2D eigenvalue weighted by molar-refractivity contribution is 6.02. The molecule has 3 aromatic rings. The van der Waals surface area contributed by atoms with Gasteiger partial charge >= 0.3 is 11.9 Å². The summed E-state index contributed by atoms with van der Waals surface area (Å²) in [7, 11) is 0. The smallest absolute Gasteiger partial charge is 0.331 e. The van der Waals surface area contributed by atoms with Gasteiger partial charge in [-0.25, -0.2) is 14.8 Å². The number of benzene rings is 3. The van der Waals surface area contributed by atoms with Crippen LogP contribution >= 0.6 is 0 Å². The van der Waals surface area contributed by atoms with Gasteiger partial charge in [0, 0.05) is 13.3 Å². The number of hydrogen-bond donors (Lipinski definition) is 1. The van der Waals surface area contributed by atoms with Crippen LogP contribution in [-0.4, -0.2) is 65.7 Å². The molecule has 1 N–H and O–H groups in total. The number of para-hydroxylation sites is 2. The molecular formula is C36H43N3O7. The highest BCUT2D eigenvalue weighted by Gasteiger charge is 2.43. The number of aryl methyl sites for hydroxylation is 1. The Balaban J connectivity index is 1.74. The number of hydrogen-bond acceptors (Lipinski definition) is 8. The van der Waals surface area contributed by atoms with E-state index < -0.39 is 47.5 Å². The van der Waals surface area contributed by atoms with Crippen molar-refractivity contribution in [2.24, 2.45) is 0 Å². The Labute approximate surface area is 270 Å². The van der Waals surface area contributed by atoms with Crippen LogP contribution in [0.2, 0.25) is 0 Å². The van der Waals surface area contributed by atoms with Crippen LogP contribution in [0.4, 0.5) is 5.69 Å². The van der Waals surface area contributed by atoms with E-state index in [2.05, 4.69) is 5.32 Å². The molecule has 10 nitrogen and oxygen atoms in total. The second-order valence-corrected chi connectivity index (χ2v) is 12.1. The zero-order valence-electron chi connectivity index (χ0n) is 27.1. The summed E-state index contributed by atoms with van der Waals surface area (Å²) in [4.78, 5) is 55.1. The predicted molar refractivity (Wildman–Crippen MR) is 174 cm³/mol. The van der Waals surface area contributed by atoms with E-state index in [0.29, 0.717) is 18.6 Å². The molecule has 0 aliphatic carbocycles. The highest BCUT2D eigenvalue weighted by atomic mass is 16.6. The van der Waals surface area contributed by atoms with Crippen molar-refractivity contribution in [3.8, 4) is 5.75 Å². The van der Waals surface area contributed by atoms with Crippen LogP contribution in [0.25, 0.3) is 0 Å². The monoisotopic (exact) mass is 629 g/mol. The van der Waals surface area contributed by atoms with Gasteiger partial charge in [0.15, 0.2) is 6.04 Å². The fraction of sp³-hybridized carbons (Fsp3) is 0.389. The molecule has 1 aliphatic rings. The Morgan fingerprint density at radius 3 is 2.15 bits per heavy atom. The highest BCUT2D eigenvalue weighted by Crippen LogP contribution is 2.34. The third kappa shape index (κ3) is 8.94. The number of hydrazine groups is 1. The van der Waals surface area contributed by atoms with Crippen LogP contribution < -0.4 is 15.1 Å². The molecule has 0 fully saturated rings. The molecule has 0 saturated heterocycles. The molecule has 1 aliphatic heterocycles. The van der Waals surface area contributed by atoms with Crippen LogP contribution in [0.3, 0.4) is 0 Å². The van der Waals surface area contributed by atoms with Gasteiger partial charge in [0.1, 0.15) is 35.7 Å². The minimum absolute atomic E-state index is 0.0861. The SMILES string of the molecule is CCOC(=O)[C@H](CCc1ccccc1)N[C@H]1COc2ccccc2N(N(C(C)=O)[C@@H](Cc2ccccc2)C(=O)OC(C)(C)C)C1=O. The maximum atomic E-state index is 14.6. The quantitative estimate of drug-likeness (QED) is 0.288. The number of carbonyl (C=O) groups is 4. The number of rotatable bonds is 12. The van der Waals surface area contributed by atoms with E-state index in [1.54, 1.807) is 52.0 Å². The summed E-state index contributed by atoms with van der Waals surface area (Å²) in [5, 5.41) is 5.51. The second-order valence-electron chi connectivity index (χ2n) is 12.1. The number of anilines is 1. The van der Waals surface area contributed by atoms with E-state index in [1.807, 2.05) is 60.7 Å². The van der Waals surface area contributed by atoms with Gasteiger partial charge in [-0.1, -0.05) is 72.8 Å². The first-order chi connectivity index (χ1) is 22.0. The summed E-state index contributed by atoms with van der Waals surface area (Å²) >= 11 is 0. The minimum atomic E-state index is -1.20. The van der Waals surface area contributed by atoms with Crippen LogP contribution in [0.5, 0.6) is 5.75 Å². The number of ether oxygens (including phenoxy) is 3. The van der Waals surface area contributed by atoms with Gasteiger partial charge in [0.2, 0.25) is 5.91 Å². The van der Waals surface area contributed by atoms with Gasteiger partial charge in [-0.2, -0.15) is 0 Å². The van der Waals surface area contributed by atoms with Crippen molar-refractivity contribution in [2.75, 3.05) is 18.2 Å². The standard InChI is InChI=1S/C36H43N3O7/c1-6-44-34(42)28(22-21-26-15-9-7-10-16-26)37-29-24-45-32-20-14-13-19-30(32)39(33(29)41)38(25(2)40)31(35(43)46-36(3,4)5)23-27-17-11-8-12-18-27/h7-20,28-29,31,37H,6,21-24H2,1-5H3/t28-,29-,31-/m0/s1. The third-order valence-electron chi connectivity index (χ3n) is 7.33. The van der Waals surface area contributed by atoms with Gasteiger partial charge in [0.05, 0.1) is 6.61 Å². The molecule has 0 aromatic heterocycles. The number of amides is 2. The lowest BCUT2D eigenvalue weighted by Crippen LogP contribution is -2.63. The molecule has 3 atom stereocenters. The van der Waals surface area contributed by atoms with Crippen molar-refractivity contribution in [3.05, 3.63) is 96.1 Å². The van der Waals surface area contributed by atoms with Crippen LogP contribution in [0.1, 0.15) is 52.2 Å². The van der Waals surface area contributed by atoms with Crippen molar-refractivity contribution >= 4 is 29.4 Å².